The van der Waals surface area contributed by atoms with Gasteiger partial charge in [0.15, 0.2) is 6.61 Å². The highest BCUT2D eigenvalue weighted by atomic mass is 35.5. The SMILES string of the molecule is COc1ccc(Cc2ccc(OCC(N)=O)c(Cl)c2)cc1C. The van der Waals surface area contributed by atoms with E-state index in [0.717, 1.165) is 23.3 Å². The molecule has 0 aromatic heterocycles. The van der Waals surface area contributed by atoms with Crippen molar-refractivity contribution < 1.29 is 14.3 Å². The molecule has 22 heavy (non-hydrogen) atoms. The summed E-state index contributed by atoms with van der Waals surface area (Å²) in [4.78, 5) is 10.7. The molecular formula is C17H18ClNO3. The van der Waals surface area contributed by atoms with Gasteiger partial charge in [-0.3, -0.25) is 4.79 Å². The van der Waals surface area contributed by atoms with E-state index in [9.17, 15) is 4.79 Å². The second kappa shape index (κ2) is 7.18. The van der Waals surface area contributed by atoms with Crippen molar-refractivity contribution in [3.63, 3.8) is 0 Å². The Hall–Kier alpha value is -2.20. The Balaban J connectivity index is 2.12. The van der Waals surface area contributed by atoms with Gasteiger partial charge >= 0.3 is 0 Å². The Morgan fingerprint density at radius 3 is 2.32 bits per heavy atom. The predicted octanol–water partition coefficient (Wildman–Crippen LogP) is 3.11. The molecule has 0 heterocycles. The molecule has 0 atom stereocenters. The summed E-state index contributed by atoms with van der Waals surface area (Å²) < 4.78 is 10.5. The molecule has 1 amide bonds. The highest BCUT2D eigenvalue weighted by Gasteiger charge is 2.06. The van der Waals surface area contributed by atoms with Crippen LogP contribution in [0.4, 0.5) is 0 Å². The van der Waals surface area contributed by atoms with Crippen LogP contribution in [0.5, 0.6) is 11.5 Å². The fourth-order valence-corrected chi connectivity index (χ4v) is 2.46. The molecule has 4 nitrogen and oxygen atoms in total. The molecule has 0 aliphatic rings. The maximum Gasteiger partial charge on any atom is 0.255 e. The second-order valence-electron chi connectivity index (χ2n) is 5.00. The summed E-state index contributed by atoms with van der Waals surface area (Å²) in [5.74, 6) is 0.793. The van der Waals surface area contributed by atoms with Crippen molar-refractivity contribution >= 4 is 17.5 Å². The highest BCUT2D eigenvalue weighted by molar-refractivity contribution is 6.32. The molecule has 116 valence electrons. The van der Waals surface area contributed by atoms with E-state index < -0.39 is 5.91 Å². The summed E-state index contributed by atoms with van der Waals surface area (Å²) in [5, 5.41) is 0.462. The Morgan fingerprint density at radius 2 is 1.77 bits per heavy atom. The normalized spacial score (nSPS) is 10.3. The number of carbonyl (C=O) groups is 1. The van der Waals surface area contributed by atoms with Crippen LogP contribution >= 0.6 is 11.6 Å². The van der Waals surface area contributed by atoms with Crippen LogP contribution in [0, 0.1) is 6.92 Å². The minimum Gasteiger partial charge on any atom is -0.496 e. The van der Waals surface area contributed by atoms with Gasteiger partial charge in [-0.05, 0) is 48.2 Å². The first-order chi connectivity index (χ1) is 10.5. The summed E-state index contributed by atoms with van der Waals surface area (Å²) >= 11 is 6.16. The fourth-order valence-electron chi connectivity index (χ4n) is 2.21. The summed E-state index contributed by atoms with van der Waals surface area (Å²) in [6, 6.07) is 11.6. The van der Waals surface area contributed by atoms with Crippen molar-refractivity contribution in [3.05, 3.63) is 58.1 Å². The minimum absolute atomic E-state index is 0.184. The average molecular weight is 320 g/mol. The highest BCUT2D eigenvalue weighted by Crippen LogP contribution is 2.27. The average Bonchev–Trinajstić information content (AvgIpc) is 2.46. The first-order valence-corrected chi connectivity index (χ1v) is 7.20. The number of amides is 1. The number of halogens is 1. The minimum atomic E-state index is -0.533. The number of benzene rings is 2. The third-order valence-electron chi connectivity index (χ3n) is 3.23. The van der Waals surface area contributed by atoms with Crippen molar-refractivity contribution in [1.29, 1.82) is 0 Å². The zero-order valence-corrected chi connectivity index (χ0v) is 13.3. The number of methoxy groups -OCH3 is 1. The van der Waals surface area contributed by atoms with Crippen LogP contribution in [0.15, 0.2) is 36.4 Å². The Kier molecular flexibility index (Phi) is 5.28. The zero-order chi connectivity index (χ0) is 16.1. The van der Waals surface area contributed by atoms with E-state index in [1.807, 2.05) is 31.2 Å². The van der Waals surface area contributed by atoms with E-state index in [1.165, 1.54) is 5.56 Å². The van der Waals surface area contributed by atoms with Crippen LogP contribution in [0.25, 0.3) is 0 Å². The van der Waals surface area contributed by atoms with Crippen molar-refractivity contribution in [1.82, 2.24) is 0 Å². The lowest BCUT2D eigenvalue weighted by atomic mass is 10.0. The summed E-state index contributed by atoms with van der Waals surface area (Å²) in [6.07, 6.45) is 0.751. The number of ether oxygens (including phenoxy) is 2. The van der Waals surface area contributed by atoms with Gasteiger partial charge in [0.05, 0.1) is 12.1 Å². The molecule has 2 rings (SSSR count). The van der Waals surface area contributed by atoms with E-state index in [-0.39, 0.29) is 6.61 Å². The maximum atomic E-state index is 10.7. The molecule has 5 heteroatoms. The van der Waals surface area contributed by atoms with Gasteiger partial charge in [-0.1, -0.05) is 29.8 Å². The molecule has 0 unspecified atom stereocenters. The largest absolute Gasteiger partial charge is 0.496 e. The van der Waals surface area contributed by atoms with Crippen LogP contribution in [0.1, 0.15) is 16.7 Å². The number of aryl methyl sites for hydroxylation is 1. The van der Waals surface area contributed by atoms with Crippen LogP contribution in [-0.4, -0.2) is 19.6 Å². The lowest BCUT2D eigenvalue weighted by Crippen LogP contribution is -2.20. The zero-order valence-electron chi connectivity index (χ0n) is 12.6. The lowest BCUT2D eigenvalue weighted by molar-refractivity contribution is -0.119. The Morgan fingerprint density at radius 1 is 1.14 bits per heavy atom. The van der Waals surface area contributed by atoms with Gasteiger partial charge in [0.2, 0.25) is 0 Å². The summed E-state index contributed by atoms with van der Waals surface area (Å²) in [7, 11) is 1.66. The van der Waals surface area contributed by atoms with Gasteiger partial charge in [0.1, 0.15) is 11.5 Å². The van der Waals surface area contributed by atoms with E-state index in [0.29, 0.717) is 10.8 Å². The standard InChI is InChI=1S/C17H18ClNO3/c1-11-7-12(3-5-15(11)21-2)8-13-4-6-16(14(18)9-13)22-10-17(19)20/h3-7,9H,8,10H2,1-2H3,(H2,19,20). The molecule has 0 fully saturated rings. The Bertz CT molecular complexity index is 686. The molecule has 0 radical (unpaired) electrons. The van der Waals surface area contributed by atoms with Crippen LogP contribution in [-0.2, 0) is 11.2 Å². The molecule has 2 N–H and O–H groups in total. The van der Waals surface area contributed by atoms with Gasteiger partial charge in [-0.25, -0.2) is 0 Å². The van der Waals surface area contributed by atoms with Gasteiger partial charge in [-0.15, -0.1) is 0 Å². The molecule has 0 aliphatic heterocycles. The fraction of sp³-hybridized carbons (Fsp3) is 0.235. The van der Waals surface area contributed by atoms with E-state index >= 15 is 0 Å². The predicted molar refractivity (Wildman–Crippen MR) is 86.7 cm³/mol. The monoisotopic (exact) mass is 319 g/mol. The van der Waals surface area contributed by atoms with Gasteiger partial charge in [0, 0.05) is 0 Å². The van der Waals surface area contributed by atoms with Crippen LogP contribution in [0.2, 0.25) is 5.02 Å². The van der Waals surface area contributed by atoms with Crippen LogP contribution in [0.3, 0.4) is 0 Å². The van der Waals surface area contributed by atoms with Gasteiger partial charge < -0.3 is 15.2 Å². The first kappa shape index (κ1) is 16.2. The molecule has 0 saturated heterocycles. The molecule has 0 bridgehead atoms. The topological polar surface area (TPSA) is 61.6 Å². The number of rotatable bonds is 6. The Labute approximate surface area is 134 Å². The quantitative estimate of drug-likeness (QED) is 0.890. The van der Waals surface area contributed by atoms with E-state index in [4.69, 9.17) is 26.8 Å². The molecule has 2 aromatic carbocycles. The molecule has 0 aliphatic carbocycles. The van der Waals surface area contributed by atoms with E-state index in [1.54, 1.807) is 13.2 Å². The van der Waals surface area contributed by atoms with Crippen molar-refractivity contribution in [2.75, 3.05) is 13.7 Å². The number of carbonyl (C=O) groups excluding carboxylic acids is 1. The summed E-state index contributed by atoms with van der Waals surface area (Å²) in [5.41, 5.74) is 8.36. The van der Waals surface area contributed by atoms with E-state index in [2.05, 4.69) is 6.07 Å². The lowest BCUT2D eigenvalue weighted by Gasteiger charge is -2.10. The van der Waals surface area contributed by atoms with Crippen molar-refractivity contribution in [3.8, 4) is 11.5 Å². The number of primary amides is 1. The molecule has 2 aromatic rings. The first-order valence-electron chi connectivity index (χ1n) is 6.82. The smallest absolute Gasteiger partial charge is 0.255 e. The maximum absolute atomic E-state index is 10.7. The number of hydrogen-bond donors (Lipinski definition) is 1. The number of nitrogens with two attached hydrogens (primary N) is 1. The van der Waals surface area contributed by atoms with Crippen molar-refractivity contribution in [2.24, 2.45) is 5.73 Å². The summed E-state index contributed by atoms with van der Waals surface area (Å²) in [6.45, 7) is 1.83. The second-order valence-corrected chi connectivity index (χ2v) is 5.41. The van der Waals surface area contributed by atoms with Gasteiger partial charge in [0.25, 0.3) is 5.91 Å². The molecule has 0 spiro atoms. The van der Waals surface area contributed by atoms with Gasteiger partial charge in [-0.2, -0.15) is 0 Å². The third-order valence-corrected chi connectivity index (χ3v) is 3.53. The van der Waals surface area contributed by atoms with Crippen molar-refractivity contribution in [2.45, 2.75) is 13.3 Å². The molecule has 0 saturated carbocycles. The molecular weight excluding hydrogens is 302 g/mol. The third kappa shape index (κ3) is 4.15. The number of hydrogen-bond acceptors (Lipinski definition) is 3. The van der Waals surface area contributed by atoms with Crippen LogP contribution < -0.4 is 15.2 Å².